The van der Waals surface area contributed by atoms with Gasteiger partial charge in [-0.3, -0.25) is 4.79 Å². The molecule has 0 aliphatic carbocycles. The lowest BCUT2D eigenvalue weighted by atomic mass is 10.2. The van der Waals surface area contributed by atoms with Crippen molar-refractivity contribution in [1.29, 1.82) is 5.26 Å². The van der Waals surface area contributed by atoms with Gasteiger partial charge in [-0.2, -0.15) is 10.1 Å². The summed E-state index contributed by atoms with van der Waals surface area (Å²) >= 11 is 0. The third kappa shape index (κ3) is 4.48. The molecule has 25 heavy (non-hydrogen) atoms. The number of nitriles is 1. The quantitative estimate of drug-likeness (QED) is 0.748. The SMILES string of the molecule is N#Cc1ccc(NC(=O)CCCn2nnc(-c3ccccc3)n2)cc1. The molecule has 1 amide bonds. The minimum atomic E-state index is -0.0897. The Morgan fingerprint density at radius 3 is 2.60 bits per heavy atom. The van der Waals surface area contributed by atoms with Crippen molar-refractivity contribution in [2.75, 3.05) is 5.32 Å². The van der Waals surface area contributed by atoms with E-state index in [0.29, 0.717) is 36.5 Å². The lowest BCUT2D eigenvalue weighted by Gasteiger charge is -2.04. The molecule has 0 spiro atoms. The first-order valence-corrected chi connectivity index (χ1v) is 7.88. The van der Waals surface area contributed by atoms with Gasteiger partial charge in [0.05, 0.1) is 18.2 Å². The Balaban J connectivity index is 1.47. The van der Waals surface area contributed by atoms with Crippen molar-refractivity contribution >= 4 is 11.6 Å². The monoisotopic (exact) mass is 332 g/mol. The third-order valence-electron chi connectivity index (χ3n) is 3.54. The van der Waals surface area contributed by atoms with Crippen molar-refractivity contribution in [3.05, 3.63) is 60.2 Å². The van der Waals surface area contributed by atoms with Gasteiger partial charge in [0.15, 0.2) is 0 Å². The summed E-state index contributed by atoms with van der Waals surface area (Å²) in [5, 5.41) is 23.9. The number of tetrazole rings is 1. The van der Waals surface area contributed by atoms with Crippen molar-refractivity contribution in [2.45, 2.75) is 19.4 Å². The Morgan fingerprint density at radius 2 is 1.88 bits per heavy atom. The van der Waals surface area contributed by atoms with Crippen LogP contribution in [0.5, 0.6) is 0 Å². The van der Waals surface area contributed by atoms with Gasteiger partial charge < -0.3 is 5.32 Å². The number of hydrogen-bond acceptors (Lipinski definition) is 5. The van der Waals surface area contributed by atoms with Crippen molar-refractivity contribution < 1.29 is 4.79 Å². The lowest BCUT2D eigenvalue weighted by Crippen LogP contribution is -2.13. The maximum atomic E-state index is 11.9. The molecule has 3 aromatic rings. The summed E-state index contributed by atoms with van der Waals surface area (Å²) in [6, 6.07) is 18.4. The van der Waals surface area contributed by atoms with Gasteiger partial charge in [0.25, 0.3) is 0 Å². The molecule has 0 saturated heterocycles. The van der Waals surface area contributed by atoms with Crippen molar-refractivity contribution in [3.63, 3.8) is 0 Å². The molecule has 7 nitrogen and oxygen atoms in total. The van der Waals surface area contributed by atoms with Crippen LogP contribution in [-0.4, -0.2) is 26.1 Å². The summed E-state index contributed by atoms with van der Waals surface area (Å²) in [5.74, 6) is 0.482. The van der Waals surface area contributed by atoms with Gasteiger partial charge in [0.2, 0.25) is 11.7 Å². The number of nitrogens with one attached hydrogen (secondary N) is 1. The second kappa shape index (κ2) is 7.84. The summed E-state index contributed by atoms with van der Waals surface area (Å²) < 4.78 is 0. The van der Waals surface area contributed by atoms with Crippen LogP contribution in [0.3, 0.4) is 0 Å². The predicted molar refractivity (Wildman–Crippen MR) is 92.3 cm³/mol. The highest BCUT2D eigenvalue weighted by atomic mass is 16.1. The third-order valence-corrected chi connectivity index (χ3v) is 3.54. The zero-order valence-corrected chi connectivity index (χ0v) is 13.5. The maximum Gasteiger partial charge on any atom is 0.224 e. The Kier molecular flexibility index (Phi) is 5.12. The van der Waals surface area contributed by atoms with E-state index in [0.717, 1.165) is 5.56 Å². The van der Waals surface area contributed by atoms with Crippen molar-refractivity contribution in [2.24, 2.45) is 0 Å². The Morgan fingerprint density at radius 1 is 1.12 bits per heavy atom. The van der Waals surface area contributed by atoms with Crippen LogP contribution >= 0.6 is 0 Å². The highest BCUT2D eigenvalue weighted by Gasteiger charge is 2.07. The fourth-order valence-electron chi connectivity index (χ4n) is 2.27. The molecule has 2 aromatic carbocycles. The van der Waals surface area contributed by atoms with Crippen LogP contribution < -0.4 is 5.32 Å². The number of anilines is 1. The fourth-order valence-corrected chi connectivity index (χ4v) is 2.27. The number of hydrogen-bond donors (Lipinski definition) is 1. The molecule has 7 heteroatoms. The summed E-state index contributed by atoms with van der Waals surface area (Å²) in [6.45, 7) is 0.515. The fraction of sp³-hybridized carbons (Fsp3) is 0.167. The minimum absolute atomic E-state index is 0.0897. The maximum absolute atomic E-state index is 11.9. The first-order valence-electron chi connectivity index (χ1n) is 7.88. The molecule has 0 radical (unpaired) electrons. The topological polar surface area (TPSA) is 96.5 Å². The molecule has 0 fully saturated rings. The van der Waals surface area contributed by atoms with Crippen LogP contribution in [0.1, 0.15) is 18.4 Å². The highest BCUT2D eigenvalue weighted by molar-refractivity contribution is 5.90. The number of carbonyl (C=O) groups excluding carboxylic acids is 1. The van der Waals surface area contributed by atoms with E-state index in [-0.39, 0.29) is 5.91 Å². The number of rotatable bonds is 6. The molecule has 1 N–H and O–H groups in total. The lowest BCUT2D eigenvalue weighted by molar-refractivity contribution is -0.116. The molecule has 1 aromatic heterocycles. The number of benzene rings is 2. The van der Waals surface area contributed by atoms with Crippen LogP contribution in [0.25, 0.3) is 11.4 Å². The molecular formula is C18H16N6O. The summed E-state index contributed by atoms with van der Waals surface area (Å²) in [5.41, 5.74) is 2.14. The van der Waals surface area contributed by atoms with Crippen molar-refractivity contribution in [3.8, 4) is 17.5 Å². The van der Waals surface area contributed by atoms with E-state index in [2.05, 4.69) is 20.7 Å². The minimum Gasteiger partial charge on any atom is -0.326 e. The molecule has 0 aliphatic rings. The summed E-state index contributed by atoms with van der Waals surface area (Å²) in [6.07, 6.45) is 0.953. The van der Waals surface area contributed by atoms with Gasteiger partial charge in [-0.1, -0.05) is 30.3 Å². The van der Waals surface area contributed by atoms with Gasteiger partial charge in [-0.05, 0) is 35.9 Å². The molecule has 0 unspecified atom stereocenters. The Labute approximate surface area is 144 Å². The molecule has 0 aliphatic heterocycles. The average molecular weight is 332 g/mol. The van der Waals surface area contributed by atoms with Gasteiger partial charge in [0.1, 0.15) is 0 Å². The Hall–Kier alpha value is -3.53. The van der Waals surface area contributed by atoms with Crippen LogP contribution in [0.2, 0.25) is 0 Å². The summed E-state index contributed by atoms with van der Waals surface area (Å²) in [7, 11) is 0. The average Bonchev–Trinajstić information content (AvgIpc) is 3.12. The van der Waals surface area contributed by atoms with Gasteiger partial charge in [-0.15, -0.1) is 10.2 Å². The van der Waals surface area contributed by atoms with Gasteiger partial charge in [-0.25, -0.2) is 0 Å². The van der Waals surface area contributed by atoms with Crippen LogP contribution in [0.4, 0.5) is 5.69 Å². The largest absolute Gasteiger partial charge is 0.326 e. The summed E-state index contributed by atoms with van der Waals surface area (Å²) in [4.78, 5) is 13.4. The number of nitrogens with zero attached hydrogens (tertiary/aromatic N) is 5. The van der Waals surface area contributed by atoms with E-state index in [1.807, 2.05) is 36.4 Å². The molecule has 124 valence electrons. The van der Waals surface area contributed by atoms with E-state index >= 15 is 0 Å². The molecule has 0 bridgehead atoms. The second-order valence-electron chi connectivity index (χ2n) is 5.42. The molecule has 0 atom stereocenters. The zero-order valence-electron chi connectivity index (χ0n) is 13.5. The van der Waals surface area contributed by atoms with Gasteiger partial charge in [0, 0.05) is 17.7 Å². The Bertz CT molecular complexity index is 880. The molecule has 1 heterocycles. The van der Waals surface area contributed by atoms with E-state index in [1.54, 1.807) is 24.3 Å². The standard InChI is InChI=1S/C18H16N6O/c19-13-14-8-10-16(11-9-14)20-17(25)7-4-12-24-22-18(21-23-24)15-5-2-1-3-6-15/h1-3,5-6,8-11H,4,7,12H2,(H,20,25). The van der Waals surface area contributed by atoms with E-state index < -0.39 is 0 Å². The molecular weight excluding hydrogens is 316 g/mol. The van der Waals surface area contributed by atoms with Crippen LogP contribution in [-0.2, 0) is 11.3 Å². The van der Waals surface area contributed by atoms with Crippen LogP contribution in [0.15, 0.2) is 54.6 Å². The van der Waals surface area contributed by atoms with Crippen LogP contribution in [0, 0.1) is 11.3 Å². The second-order valence-corrected chi connectivity index (χ2v) is 5.42. The highest BCUT2D eigenvalue weighted by Crippen LogP contribution is 2.12. The van der Waals surface area contributed by atoms with Gasteiger partial charge >= 0.3 is 0 Å². The van der Waals surface area contributed by atoms with E-state index in [4.69, 9.17) is 5.26 Å². The van der Waals surface area contributed by atoms with E-state index in [9.17, 15) is 4.79 Å². The number of aromatic nitrogens is 4. The first-order chi connectivity index (χ1) is 12.2. The van der Waals surface area contributed by atoms with E-state index in [1.165, 1.54) is 4.80 Å². The number of carbonyl (C=O) groups is 1. The normalized spacial score (nSPS) is 10.2. The predicted octanol–water partition coefficient (Wildman–Crippen LogP) is 2.63. The van der Waals surface area contributed by atoms with Crippen molar-refractivity contribution in [1.82, 2.24) is 20.2 Å². The zero-order chi connectivity index (χ0) is 17.5. The number of aryl methyl sites for hydroxylation is 1. The number of amides is 1. The molecule has 3 rings (SSSR count). The molecule has 0 saturated carbocycles. The smallest absolute Gasteiger partial charge is 0.224 e. The first kappa shape index (κ1) is 16.3.